The van der Waals surface area contributed by atoms with Crippen LogP contribution in [-0.2, 0) is 13.8 Å². The molecule has 2 rings (SSSR count). The van der Waals surface area contributed by atoms with Gasteiger partial charge in [0.05, 0.1) is 6.61 Å². The minimum Gasteiger partial charge on any atom is -0.383 e. The number of thioether (sulfide) groups is 1. The largest absolute Gasteiger partial charge is 0.415 e. The number of carbonyl (C=O) groups is 1. The first-order chi connectivity index (χ1) is 9.79. The molecular formula is C9H13N4O6PS. The van der Waals surface area contributed by atoms with Crippen LogP contribution in [0.3, 0.4) is 0 Å². The van der Waals surface area contributed by atoms with Gasteiger partial charge in [0.15, 0.2) is 0 Å². The first-order valence-electron chi connectivity index (χ1n) is 5.68. The van der Waals surface area contributed by atoms with Gasteiger partial charge in [-0.3, -0.25) is 13.9 Å². The molecule has 0 aliphatic carbocycles. The minimum absolute atomic E-state index is 0.101. The fourth-order valence-electron chi connectivity index (χ4n) is 1.55. The minimum atomic E-state index is -4.48. The second-order valence-corrected chi connectivity index (χ2v) is 6.98. The highest BCUT2D eigenvalue weighted by atomic mass is 32.2. The van der Waals surface area contributed by atoms with Crippen LogP contribution in [0.15, 0.2) is 17.1 Å². The van der Waals surface area contributed by atoms with Gasteiger partial charge in [-0.2, -0.15) is 4.98 Å². The van der Waals surface area contributed by atoms with Gasteiger partial charge in [0.25, 0.3) is 0 Å². The van der Waals surface area contributed by atoms with E-state index in [4.69, 9.17) is 21.1 Å². The number of hydrogen-bond donors (Lipinski definition) is 3. The average Bonchev–Trinajstić information content (AvgIpc) is 2.85. The molecule has 0 saturated carbocycles. The van der Waals surface area contributed by atoms with Gasteiger partial charge in [0.1, 0.15) is 17.5 Å². The molecule has 5 N–H and O–H groups in total. The van der Waals surface area contributed by atoms with Gasteiger partial charge in [-0.25, -0.2) is 9.36 Å². The van der Waals surface area contributed by atoms with Gasteiger partial charge in [0.2, 0.25) is 0 Å². The highest BCUT2D eigenvalue weighted by molar-refractivity contribution is 8.00. The number of ether oxygens (including phenoxy) is 1. The third kappa shape index (κ3) is 3.83. The zero-order valence-electron chi connectivity index (χ0n) is 10.6. The predicted octanol–water partition coefficient (Wildman–Crippen LogP) is -0.306. The molecule has 1 saturated heterocycles. The Hall–Kier alpha value is -1.39. The molecule has 21 heavy (non-hydrogen) atoms. The van der Waals surface area contributed by atoms with Gasteiger partial charge in [-0.15, -0.1) is 11.8 Å². The Morgan fingerprint density at radius 2 is 2.43 bits per heavy atom. The number of nitrogen functional groups attached to an aromatic ring is 1. The molecule has 0 aromatic carbocycles. The number of anilines is 1. The summed E-state index contributed by atoms with van der Waals surface area (Å²) in [5.74, 6) is 0.510. The highest BCUT2D eigenvalue weighted by Crippen LogP contribution is 2.43. The van der Waals surface area contributed by atoms with E-state index in [0.717, 1.165) is 0 Å². The average molecular weight is 336 g/mol. The lowest BCUT2D eigenvalue weighted by Crippen LogP contribution is -2.28. The third-order valence-corrected chi connectivity index (χ3v) is 4.71. The van der Waals surface area contributed by atoms with Crippen LogP contribution in [0.1, 0.15) is 6.23 Å². The monoisotopic (exact) mass is 336 g/mol. The van der Waals surface area contributed by atoms with Crippen molar-refractivity contribution in [2.24, 2.45) is 5.73 Å². The maximum absolute atomic E-state index is 11.6. The zero-order valence-corrected chi connectivity index (χ0v) is 12.3. The molecule has 2 unspecified atom stereocenters. The number of carbonyl (C=O) groups excluding carboxylic acids is 1. The van der Waals surface area contributed by atoms with Crippen molar-refractivity contribution in [3.05, 3.63) is 22.7 Å². The normalized spacial score (nSPS) is 24.6. The predicted molar refractivity (Wildman–Crippen MR) is 74.6 cm³/mol. The second-order valence-electron chi connectivity index (χ2n) is 4.05. The Kier molecular flexibility index (Phi) is 4.69. The van der Waals surface area contributed by atoms with E-state index < -0.39 is 30.6 Å². The lowest BCUT2D eigenvalue weighted by atomic mass is 10.5. The smallest absolute Gasteiger partial charge is 0.383 e. The van der Waals surface area contributed by atoms with Crippen LogP contribution in [0.5, 0.6) is 0 Å². The zero-order chi connectivity index (χ0) is 15.6. The molecule has 1 amide bonds. The van der Waals surface area contributed by atoms with E-state index >= 15 is 0 Å². The van der Waals surface area contributed by atoms with Gasteiger partial charge in [-0.05, 0) is 6.07 Å². The van der Waals surface area contributed by atoms with Crippen LogP contribution in [-0.4, -0.2) is 37.9 Å². The third-order valence-electron chi connectivity index (χ3n) is 2.56. The first kappa shape index (κ1) is 16.0. The van der Waals surface area contributed by atoms with Gasteiger partial charge in [0, 0.05) is 11.9 Å². The highest BCUT2D eigenvalue weighted by Gasteiger charge is 2.33. The van der Waals surface area contributed by atoms with Crippen molar-refractivity contribution in [1.82, 2.24) is 9.55 Å². The summed E-state index contributed by atoms with van der Waals surface area (Å²) in [5, 5.41) is 0. The number of nitrogens with zero attached hydrogens (tertiary/aromatic N) is 2. The number of hydrogen-bond acceptors (Lipinski definition) is 8. The van der Waals surface area contributed by atoms with E-state index in [1.54, 1.807) is 0 Å². The lowest BCUT2D eigenvalue weighted by molar-refractivity contribution is -0.00311. The number of aromatic nitrogens is 2. The molecular weight excluding hydrogens is 323 g/mol. The Labute approximate surface area is 123 Å². The number of nitrogens with two attached hydrogens (primary N) is 2. The molecule has 0 bridgehead atoms. The van der Waals surface area contributed by atoms with Crippen LogP contribution >= 0.6 is 19.4 Å². The lowest BCUT2D eigenvalue weighted by Gasteiger charge is -2.15. The molecule has 0 radical (unpaired) electrons. The van der Waals surface area contributed by atoms with E-state index in [1.165, 1.54) is 28.6 Å². The molecule has 1 fully saturated rings. The van der Waals surface area contributed by atoms with E-state index in [1.807, 2.05) is 0 Å². The number of rotatable bonds is 5. The summed E-state index contributed by atoms with van der Waals surface area (Å²) in [6, 6.07) is 1.45. The van der Waals surface area contributed by atoms with Crippen LogP contribution in [0.25, 0.3) is 0 Å². The van der Waals surface area contributed by atoms with E-state index in [9.17, 15) is 14.2 Å². The Morgan fingerprint density at radius 1 is 1.71 bits per heavy atom. The maximum Gasteiger partial charge on any atom is 0.415 e. The van der Waals surface area contributed by atoms with Crippen molar-refractivity contribution in [2.45, 2.75) is 11.7 Å². The number of amides is 1. The van der Waals surface area contributed by atoms with Crippen LogP contribution in [0.4, 0.5) is 10.6 Å². The molecule has 1 aromatic heterocycles. The summed E-state index contributed by atoms with van der Waals surface area (Å²) >= 11 is 1.26. The molecule has 2 heterocycles. The van der Waals surface area contributed by atoms with E-state index in [0.29, 0.717) is 5.75 Å². The molecule has 116 valence electrons. The maximum atomic E-state index is 11.6. The van der Waals surface area contributed by atoms with Crippen LogP contribution < -0.4 is 17.2 Å². The number of primary amides is 1. The molecule has 3 atom stereocenters. The Balaban J connectivity index is 1.96. The van der Waals surface area contributed by atoms with Gasteiger partial charge in [-0.1, -0.05) is 0 Å². The Bertz CT molecular complexity index is 651. The fraction of sp³-hybridized carbons (Fsp3) is 0.444. The molecule has 1 aliphatic rings. The summed E-state index contributed by atoms with van der Waals surface area (Å²) in [5.41, 5.74) is 7.50. The molecule has 10 nitrogen and oxygen atoms in total. The standard InChI is InChI=1S/C9H13N4O6PS/c10-5-1-2-13(9(15)12-5)6-4-21-7(19-6)3-18-20(16,17)8(11)14/h1-2,6-7H,3-4H2,(H2,11,14)(H,16,17)(H2,10,12,15)/t6-,7?/m0/s1. The summed E-state index contributed by atoms with van der Waals surface area (Å²) in [6.07, 6.45) is 0.843. The summed E-state index contributed by atoms with van der Waals surface area (Å²) in [7, 11) is -4.48. The van der Waals surface area contributed by atoms with E-state index in [2.05, 4.69) is 9.51 Å². The van der Waals surface area contributed by atoms with Crippen molar-refractivity contribution in [3.63, 3.8) is 0 Å². The summed E-state index contributed by atoms with van der Waals surface area (Å²) in [4.78, 5) is 35.0. The van der Waals surface area contributed by atoms with Crippen molar-refractivity contribution in [2.75, 3.05) is 18.1 Å². The molecule has 0 spiro atoms. The molecule has 1 aromatic rings. The summed E-state index contributed by atoms with van der Waals surface area (Å²) < 4.78 is 22.5. The van der Waals surface area contributed by atoms with E-state index in [-0.39, 0.29) is 12.4 Å². The molecule has 12 heteroatoms. The summed E-state index contributed by atoms with van der Waals surface area (Å²) in [6.45, 7) is -0.310. The van der Waals surface area contributed by atoms with Crippen LogP contribution in [0, 0.1) is 0 Å². The SMILES string of the molecule is NC(=O)P(=O)(O)OCC1O[C@H](n2ccc(N)nc2=O)CS1. The topological polar surface area (TPSA) is 160 Å². The van der Waals surface area contributed by atoms with Crippen molar-refractivity contribution >= 4 is 30.8 Å². The van der Waals surface area contributed by atoms with Crippen molar-refractivity contribution in [3.8, 4) is 0 Å². The fourth-order valence-corrected chi connectivity index (χ4v) is 3.10. The van der Waals surface area contributed by atoms with Crippen LogP contribution in [0.2, 0.25) is 0 Å². The van der Waals surface area contributed by atoms with Crippen molar-refractivity contribution in [1.29, 1.82) is 0 Å². The first-order valence-corrected chi connectivity index (χ1v) is 8.31. The Morgan fingerprint density at radius 3 is 3.05 bits per heavy atom. The van der Waals surface area contributed by atoms with Gasteiger partial charge >= 0.3 is 18.9 Å². The quantitative estimate of drug-likeness (QED) is 0.613. The van der Waals surface area contributed by atoms with Crippen molar-refractivity contribution < 1.29 is 23.5 Å². The molecule has 1 aliphatic heterocycles. The van der Waals surface area contributed by atoms with Gasteiger partial charge < -0.3 is 21.1 Å². The second kappa shape index (κ2) is 6.16.